The average Bonchev–Trinajstić information content (AvgIpc) is 3.03. The first-order valence-electron chi connectivity index (χ1n) is 11.8. The highest BCUT2D eigenvalue weighted by molar-refractivity contribution is 5.69. The Labute approximate surface area is 186 Å². The molecule has 0 aromatic heterocycles. The number of rotatable bonds is 13. The standard InChI is InChI=1S/C25H39NO5/c1-2-25(13-8-14-25)23(29)11-7-10-21-20(19(18-26)17-22(21)28)9-5-3-4-6-12-24(30)31-16-15-27/h3,5,7,10,19-23,27-29H,2,4,6,8-9,11-17H2,1H3/t19-,20-,21+,22+,23?/m0/s1. The van der Waals surface area contributed by atoms with E-state index in [1.807, 2.05) is 24.3 Å². The van der Waals surface area contributed by atoms with E-state index in [1.165, 1.54) is 6.42 Å². The molecule has 0 aromatic rings. The summed E-state index contributed by atoms with van der Waals surface area (Å²) in [6, 6.07) is 2.35. The summed E-state index contributed by atoms with van der Waals surface area (Å²) in [6.45, 7) is 2.03. The van der Waals surface area contributed by atoms with Gasteiger partial charge < -0.3 is 20.1 Å². The maximum atomic E-state index is 11.4. The van der Waals surface area contributed by atoms with Gasteiger partial charge in [-0.1, -0.05) is 37.6 Å². The van der Waals surface area contributed by atoms with Crippen molar-refractivity contribution in [3.05, 3.63) is 24.3 Å². The van der Waals surface area contributed by atoms with E-state index in [-0.39, 0.29) is 48.5 Å². The Morgan fingerprint density at radius 1 is 1.32 bits per heavy atom. The molecule has 0 amide bonds. The van der Waals surface area contributed by atoms with Crippen molar-refractivity contribution in [2.45, 2.75) is 83.3 Å². The highest BCUT2D eigenvalue weighted by atomic mass is 16.5. The molecule has 1 unspecified atom stereocenters. The third kappa shape index (κ3) is 7.17. The number of hydrogen-bond acceptors (Lipinski definition) is 6. The molecule has 5 atom stereocenters. The minimum Gasteiger partial charge on any atom is -0.463 e. The van der Waals surface area contributed by atoms with Gasteiger partial charge in [-0.05, 0) is 62.7 Å². The van der Waals surface area contributed by atoms with Gasteiger partial charge in [0.05, 0.1) is 30.8 Å². The van der Waals surface area contributed by atoms with Crippen LogP contribution in [0, 0.1) is 34.5 Å². The summed E-state index contributed by atoms with van der Waals surface area (Å²) in [6.07, 6.45) is 15.1. The zero-order valence-electron chi connectivity index (χ0n) is 18.8. The predicted octanol–water partition coefficient (Wildman–Crippen LogP) is 3.66. The van der Waals surface area contributed by atoms with Crippen LogP contribution in [-0.4, -0.2) is 46.7 Å². The van der Waals surface area contributed by atoms with Gasteiger partial charge in [0.15, 0.2) is 0 Å². The quantitative estimate of drug-likeness (QED) is 0.232. The Morgan fingerprint density at radius 2 is 2.10 bits per heavy atom. The number of nitrogens with zero attached hydrogens (tertiary/aromatic N) is 1. The Morgan fingerprint density at radius 3 is 2.71 bits per heavy atom. The molecular weight excluding hydrogens is 394 g/mol. The Kier molecular flexibility index (Phi) is 10.7. The Balaban J connectivity index is 1.82. The van der Waals surface area contributed by atoms with Crippen LogP contribution in [-0.2, 0) is 9.53 Å². The first-order chi connectivity index (χ1) is 15.0. The summed E-state index contributed by atoms with van der Waals surface area (Å²) < 4.78 is 4.82. The van der Waals surface area contributed by atoms with E-state index in [2.05, 4.69) is 13.0 Å². The van der Waals surface area contributed by atoms with Crippen molar-refractivity contribution < 1.29 is 24.9 Å². The molecule has 0 spiro atoms. The number of unbranched alkanes of at least 4 members (excludes halogenated alkanes) is 1. The van der Waals surface area contributed by atoms with Crippen LogP contribution in [0.3, 0.4) is 0 Å². The second-order valence-corrected chi connectivity index (χ2v) is 9.07. The van der Waals surface area contributed by atoms with E-state index < -0.39 is 6.10 Å². The van der Waals surface area contributed by atoms with E-state index in [1.54, 1.807) is 0 Å². The molecule has 174 valence electrons. The van der Waals surface area contributed by atoms with Crippen molar-refractivity contribution in [3.63, 3.8) is 0 Å². The van der Waals surface area contributed by atoms with Gasteiger partial charge in [-0.15, -0.1) is 0 Å². The lowest BCUT2D eigenvalue weighted by molar-refractivity contribution is -0.144. The summed E-state index contributed by atoms with van der Waals surface area (Å²) in [5, 5.41) is 39.3. The minimum absolute atomic E-state index is 0.0413. The van der Waals surface area contributed by atoms with Crippen LogP contribution in [0.1, 0.15) is 71.1 Å². The number of hydrogen-bond donors (Lipinski definition) is 3. The molecule has 6 heteroatoms. The number of esters is 1. The topological polar surface area (TPSA) is 111 Å². The summed E-state index contributed by atoms with van der Waals surface area (Å²) >= 11 is 0. The van der Waals surface area contributed by atoms with Crippen molar-refractivity contribution in [2.75, 3.05) is 13.2 Å². The number of aliphatic hydroxyl groups is 3. The second kappa shape index (κ2) is 13.0. The van der Waals surface area contributed by atoms with Gasteiger partial charge in [0.25, 0.3) is 0 Å². The zero-order valence-corrected chi connectivity index (χ0v) is 18.8. The minimum atomic E-state index is -0.526. The van der Waals surface area contributed by atoms with Crippen molar-refractivity contribution >= 4 is 5.97 Å². The van der Waals surface area contributed by atoms with Crippen LogP contribution in [0.15, 0.2) is 24.3 Å². The third-order valence-corrected chi connectivity index (χ3v) is 7.28. The predicted molar refractivity (Wildman–Crippen MR) is 119 cm³/mol. The number of carbonyl (C=O) groups excluding carboxylic acids is 1. The molecule has 0 bridgehead atoms. The number of carbonyl (C=O) groups is 1. The molecule has 0 saturated heterocycles. The van der Waals surface area contributed by atoms with E-state index >= 15 is 0 Å². The molecule has 0 heterocycles. The Bertz CT molecular complexity index is 643. The van der Waals surface area contributed by atoms with Gasteiger partial charge >= 0.3 is 5.97 Å². The third-order valence-electron chi connectivity index (χ3n) is 7.28. The summed E-state index contributed by atoms with van der Waals surface area (Å²) in [4.78, 5) is 11.4. The Hall–Kier alpha value is -1.68. The zero-order chi connectivity index (χ0) is 22.7. The van der Waals surface area contributed by atoms with Crippen molar-refractivity contribution in [3.8, 4) is 6.07 Å². The fourth-order valence-corrected chi connectivity index (χ4v) is 5.02. The molecule has 0 aliphatic heterocycles. The smallest absolute Gasteiger partial charge is 0.305 e. The van der Waals surface area contributed by atoms with Crippen molar-refractivity contribution in [2.24, 2.45) is 23.2 Å². The highest BCUT2D eigenvalue weighted by Crippen LogP contribution is 2.48. The number of ether oxygens (including phenoxy) is 1. The lowest BCUT2D eigenvalue weighted by Crippen LogP contribution is -2.40. The van der Waals surface area contributed by atoms with Crippen LogP contribution in [0.25, 0.3) is 0 Å². The first-order valence-corrected chi connectivity index (χ1v) is 11.8. The van der Waals surface area contributed by atoms with Crippen LogP contribution >= 0.6 is 0 Å². The molecule has 2 aliphatic rings. The SMILES string of the molecule is CCC1(C(O)CC=C[C@@H]2[C@@H](CC=CCCCC(=O)OCCO)[C@H](C#N)C[C@H]2O)CCC1. The summed E-state index contributed by atoms with van der Waals surface area (Å²) in [5.74, 6) is -0.497. The monoisotopic (exact) mass is 433 g/mol. The van der Waals surface area contributed by atoms with Crippen LogP contribution in [0.4, 0.5) is 0 Å². The van der Waals surface area contributed by atoms with Gasteiger partial charge in [-0.25, -0.2) is 0 Å². The fourth-order valence-electron chi connectivity index (χ4n) is 5.02. The van der Waals surface area contributed by atoms with Crippen LogP contribution < -0.4 is 0 Å². The molecule has 6 nitrogen and oxygen atoms in total. The summed E-state index contributed by atoms with van der Waals surface area (Å²) in [5.41, 5.74) is 0.0699. The van der Waals surface area contributed by atoms with Gasteiger partial charge in [0.2, 0.25) is 0 Å². The molecule has 2 saturated carbocycles. The molecule has 2 aliphatic carbocycles. The van der Waals surface area contributed by atoms with Crippen LogP contribution in [0.5, 0.6) is 0 Å². The normalized spacial score (nSPS) is 28.5. The number of allylic oxidation sites excluding steroid dienone is 2. The molecule has 0 aromatic carbocycles. The van der Waals surface area contributed by atoms with Crippen molar-refractivity contribution in [1.29, 1.82) is 5.26 Å². The van der Waals surface area contributed by atoms with Gasteiger partial charge in [0.1, 0.15) is 6.61 Å². The van der Waals surface area contributed by atoms with Crippen molar-refractivity contribution in [1.82, 2.24) is 0 Å². The molecule has 31 heavy (non-hydrogen) atoms. The van der Waals surface area contributed by atoms with Gasteiger partial charge in [0, 0.05) is 12.3 Å². The average molecular weight is 434 g/mol. The molecular formula is C25H39NO5. The molecule has 0 radical (unpaired) electrons. The maximum Gasteiger partial charge on any atom is 0.305 e. The highest BCUT2D eigenvalue weighted by Gasteiger charge is 2.42. The maximum absolute atomic E-state index is 11.4. The van der Waals surface area contributed by atoms with E-state index in [0.29, 0.717) is 32.1 Å². The lowest BCUT2D eigenvalue weighted by atomic mass is 9.63. The van der Waals surface area contributed by atoms with Gasteiger partial charge in [-0.3, -0.25) is 4.79 Å². The largest absolute Gasteiger partial charge is 0.463 e. The van der Waals surface area contributed by atoms with E-state index in [9.17, 15) is 20.3 Å². The lowest BCUT2D eigenvalue weighted by Gasteiger charge is -2.45. The molecule has 2 fully saturated rings. The number of nitriles is 1. The number of aliphatic hydroxyl groups excluding tert-OH is 3. The summed E-state index contributed by atoms with van der Waals surface area (Å²) in [7, 11) is 0. The second-order valence-electron chi connectivity index (χ2n) is 9.07. The van der Waals surface area contributed by atoms with E-state index in [4.69, 9.17) is 9.84 Å². The first kappa shape index (κ1) is 25.6. The van der Waals surface area contributed by atoms with Gasteiger partial charge in [-0.2, -0.15) is 5.26 Å². The fraction of sp³-hybridized carbons (Fsp3) is 0.760. The van der Waals surface area contributed by atoms with E-state index in [0.717, 1.165) is 25.7 Å². The molecule has 3 N–H and O–H groups in total. The molecule has 2 rings (SSSR count). The van der Waals surface area contributed by atoms with Crippen LogP contribution in [0.2, 0.25) is 0 Å².